The van der Waals surface area contributed by atoms with Crippen LogP contribution in [-0.2, 0) is 4.79 Å². The molecule has 0 radical (unpaired) electrons. The minimum Gasteiger partial charge on any atom is -0.481 e. The Kier molecular flexibility index (Phi) is 6.17. The van der Waals surface area contributed by atoms with Gasteiger partial charge in [-0.15, -0.1) is 0 Å². The van der Waals surface area contributed by atoms with Crippen LogP contribution in [0.5, 0.6) is 5.75 Å². The summed E-state index contributed by atoms with van der Waals surface area (Å²) in [6.07, 6.45) is -0.812. The molecule has 0 saturated heterocycles. The third-order valence-electron chi connectivity index (χ3n) is 3.06. The predicted molar refractivity (Wildman–Crippen MR) is 81.1 cm³/mol. The van der Waals surface area contributed by atoms with Gasteiger partial charge in [0.05, 0.1) is 0 Å². The first-order chi connectivity index (χ1) is 9.85. The minimum atomic E-state index is -0.888. The number of amides is 3. The maximum Gasteiger partial charge on any atom is 0.318 e. The molecule has 0 fully saturated rings. The Morgan fingerprint density at radius 3 is 2.57 bits per heavy atom. The van der Waals surface area contributed by atoms with Gasteiger partial charge in [-0.2, -0.15) is 0 Å². The maximum absolute atomic E-state index is 11.7. The molecule has 0 aliphatic carbocycles. The molecule has 1 rings (SSSR count). The Morgan fingerprint density at radius 2 is 2.00 bits per heavy atom. The van der Waals surface area contributed by atoms with E-state index in [0.717, 1.165) is 17.7 Å². The molecule has 0 heterocycles. The average Bonchev–Trinajstić information content (AvgIpc) is 2.40. The van der Waals surface area contributed by atoms with E-state index in [2.05, 4.69) is 5.32 Å². The fraction of sp³-hybridized carbons (Fsp3) is 0.467. The van der Waals surface area contributed by atoms with Gasteiger partial charge in [0.25, 0.3) is 5.91 Å². The lowest BCUT2D eigenvalue weighted by molar-refractivity contribution is -0.126. The SMILES string of the molecule is CCNC(C)c1cc(C)ccc1OC(C)C(=O)NC(N)=O. The summed E-state index contributed by atoms with van der Waals surface area (Å²) in [7, 11) is 0. The lowest BCUT2D eigenvalue weighted by Crippen LogP contribution is -2.42. The van der Waals surface area contributed by atoms with Crippen LogP contribution in [0.4, 0.5) is 4.79 Å². The van der Waals surface area contributed by atoms with Crippen molar-refractivity contribution in [2.24, 2.45) is 5.73 Å². The van der Waals surface area contributed by atoms with Crippen LogP contribution >= 0.6 is 0 Å². The average molecular weight is 293 g/mol. The number of nitrogens with two attached hydrogens (primary N) is 1. The number of urea groups is 1. The lowest BCUT2D eigenvalue weighted by atomic mass is 10.0. The van der Waals surface area contributed by atoms with Crippen LogP contribution in [0.1, 0.15) is 37.9 Å². The topological polar surface area (TPSA) is 93.4 Å². The minimum absolute atomic E-state index is 0.0938. The number of carbonyl (C=O) groups excluding carboxylic acids is 2. The molecule has 2 unspecified atom stereocenters. The number of rotatable bonds is 6. The Balaban J connectivity index is 2.91. The maximum atomic E-state index is 11.7. The third-order valence-corrected chi connectivity index (χ3v) is 3.06. The van der Waals surface area contributed by atoms with Crippen molar-refractivity contribution in [3.05, 3.63) is 29.3 Å². The molecule has 6 heteroatoms. The lowest BCUT2D eigenvalue weighted by Gasteiger charge is -2.21. The van der Waals surface area contributed by atoms with Gasteiger partial charge in [0.1, 0.15) is 5.75 Å². The van der Waals surface area contributed by atoms with Gasteiger partial charge in [-0.05, 0) is 33.4 Å². The van der Waals surface area contributed by atoms with Crippen LogP contribution < -0.4 is 21.1 Å². The molecular weight excluding hydrogens is 270 g/mol. The second-order valence-electron chi connectivity index (χ2n) is 4.93. The number of primary amides is 1. The van der Waals surface area contributed by atoms with Gasteiger partial charge >= 0.3 is 6.03 Å². The van der Waals surface area contributed by atoms with Gasteiger partial charge in [0.2, 0.25) is 0 Å². The molecule has 3 amide bonds. The number of hydrogen-bond acceptors (Lipinski definition) is 4. The van der Waals surface area contributed by atoms with Gasteiger partial charge in [-0.3, -0.25) is 10.1 Å². The second-order valence-corrected chi connectivity index (χ2v) is 4.93. The van der Waals surface area contributed by atoms with Crippen molar-refractivity contribution in [3.63, 3.8) is 0 Å². The van der Waals surface area contributed by atoms with Crippen molar-refractivity contribution >= 4 is 11.9 Å². The zero-order valence-electron chi connectivity index (χ0n) is 12.9. The van der Waals surface area contributed by atoms with Crippen molar-refractivity contribution in [2.75, 3.05) is 6.54 Å². The fourth-order valence-corrected chi connectivity index (χ4v) is 2.00. The molecule has 0 bridgehead atoms. The van der Waals surface area contributed by atoms with Crippen molar-refractivity contribution in [2.45, 2.75) is 39.8 Å². The van der Waals surface area contributed by atoms with E-state index in [1.165, 1.54) is 0 Å². The first-order valence-electron chi connectivity index (χ1n) is 6.96. The molecular formula is C15H23N3O3. The first kappa shape index (κ1) is 17.0. The van der Waals surface area contributed by atoms with E-state index < -0.39 is 18.0 Å². The summed E-state index contributed by atoms with van der Waals surface area (Å²) in [4.78, 5) is 22.4. The van der Waals surface area contributed by atoms with Crippen LogP contribution in [0.15, 0.2) is 18.2 Å². The summed E-state index contributed by atoms with van der Waals surface area (Å²) in [5.74, 6) is 0.0475. The van der Waals surface area contributed by atoms with Crippen molar-refractivity contribution < 1.29 is 14.3 Å². The van der Waals surface area contributed by atoms with Gasteiger partial charge < -0.3 is 15.8 Å². The summed E-state index contributed by atoms with van der Waals surface area (Å²) in [5, 5.41) is 5.32. The van der Waals surface area contributed by atoms with Crippen molar-refractivity contribution in [1.82, 2.24) is 10.6 Å². The number of ether oxygens (including phenoxy) is 1. The quantitative estimate of drug-likeness (QED) is 0.743. The number of benzene rings is 1. The highest BCUT2D eigenvalue weighted by molar-refractivity contribution is 5.95. The van der Waals surface area contributed by atoms with Crippen LogP contribution in [0, 0.1) is 6.92 Å². The monoisotopic (exact) mass is 293 g/mol. The van der Waals surface area contributed by atoms with Crippen LogP contribution in [0.2, 0.25) is 0 Å². The summed E-state index contributed by atoms with van der Waals surface area (Å²) in [6.45, 7) is 8.44. The third kappa shape index (κ3) is 5.07. The fourth-order valence-electron chi connectivity index (χ4n) is 2.00. The Morgan fingerprint density at radius 1 is 1.33 bits per heavy atom. The molecule has 0 saturated carbocycles. The molecule has 0 aliphatic rings. The second kappa shape index (κ2) is 7.64. The number of imide groups is 1. The van der Waals surface area contributed by atoms with E-state index in [1.54, 1.807) is 6.92 Å². The zero-order chi connectivity index (χ0) is 16.0. The highest BCUT2D eigenvalue weighted by Gasteiger charge is 2.19. The summed E-state index contributed by atoms with van der Waals surface area (Å²) >= 11 is 0. The molecule has 0 aliphatic heterocycles. The standard InChI is InChI=1S/C15H23N3O3/c1-5-17-10(3)12-8-9(2)6-7-13(12)21-11(4)14(19)18-15(16)20/h6-8,10-11,17H,5H2,1-4H3,(H3,16,18,19,20). The van der Waals surface area contributed by atoms with Gasteiger partial charge in [0.15, 0.2) is 6.10 Å². The Hall–Kier alpha value is -2.08. The van der Waals surface area contributed by atoms with Crippen LogP contribution in [0.3, 0.4) is 0 Å². The Labute approximate surface area is 125 Å². The zero-order valence-corrected chi connectivity index (χ0v) is 12.9. The van der Waals surface area contributed by atoms with Crippen molar-refractivity contribution in [3.8, 4) is 5.75 Å². The molecule has 21 heavy (non-hydrogen) atoms. The Bertz CT molecular complexity index is 517. The smallest absolute Gasteiger partial charge is 0.318 e. The number of aryl methyl sites for hydroxylation is 1. The summed E-state index contributed by atoms with van der Waals surface area (Å²) in [5.41, 5.74) is 7.00. The van der Waals surface area contributed by atoms with E-state index in [-0.39, 0.29) is 6.04 Å². The molecule has 6 nitrogen and oxygen atoms in total. The van der Waals surface area contributed by atoms with Crippen molar-refractivity contribution in [1.29, 1.82) is 0 Å². The first-order valence-corrected chi connectivity index (χ1v) is 6.96. The van der Waals surface area contributed by atoms with Gasteiger partial charge in [0, 0.05) is 11.6 Å². The molecule has 4 N–H and O–H groups in total. The van der Waals surface area contributed by atoms with E-state index in [4.69, 9.17) is 10.5 Å². The largest absolute Gasteiger partial charge is 0.481 e. The van der Waals surface area contributed by atoms with E-state index in [0.29, 0.717) is 5.75 Å². The summed E-state index contributed by atoms with van der Waals surface area (Å²) in [6, 6.07) is 4.96. The molecule has 0 spiro atoms. The van der Waals surface area contributed by atoms with Crippen LogP contribution in [0.25, 0.3) is 0 Å². The normalized spacial score (nSPS) is 13.3. The molecule has 1 aromatic carbocycles. The van der Waals surface area contributed by atoms with E-state index in [1.807, 2.05) is 44.3 Å². The van der Waals surface area contributed by atoms with Crippen LogP contribution in [-0.4, -0.2) is 24.6 Å². The number of carbonyl (C=O) groups is 2. The number of nitrogens with one attached hydrogen (secondary N) is 2. The summed E-state index contributed by atoms with van der Waals surface area (Å²) < 4.78 is 5.67. The molecule has 1 aromatic rings. The molecule has 0 aromatic heterocycles. The molecule has 116 valence electrons. The van der Waals surface area contributed by atoms with Gasteiger partial charge in [-0.25, -0.2) is 4.79 Å². The highest BCUT2D eigenvalue weighted by atomic mass is 16.5. The van der Waals surface area contributed by atoms with E-state index in [9.17, 15) is 9.59 Å². The predicted octanol–water partition coefficient (Wildman–Crippen LogP) is 1.63. The van der Waals surface area contributed by atoms with E-state index >= 15 is 0 Å². The molecule has 2 atom stereocenters. The number of hydrogen-bond donors (Lipinski definition) is 3. The van der Waals surface area contributed by atoms with Gasteiger partial charge in [-0.1, -0.05) is 24.6 Å². The highest BCUT2D eigenvalue weighted by Crippen LogP contribution is 2.27.